The molecule has 0 saturated carbocycles. The summed E-state index contributed by atoms with van der Waals surface area (Å²) in [5, 5.41) is 15.8. The molecule has 0 saturated heterocycles. The molecule has 0 aliphatic heterocycles. The maximum atomic E-state index is 14.9. The third-order valence-electron chi connectivity index (χ3n) is 3.99. The molecule has 0 aliphatic carbocycles. The van der Waals surface area contributed by atoms with Crippen molar-refractivity contribution in [3.8, 4) is 28.7 Å². The van der Waals surface area contributed by atoms with Crippen molar-refractivity contribution >= 4 is 26.7 Å². The van der Waals surface area contributed by atoms with Crippen LogP contribution in [0.5, 0.6) is 11.5 Å². The Morgan fingerprint density at radius 1 is 1.23 bits per heavy atom. The molecule has 2 heterocycles. The van der Waals surface area contributed by atoms with Crippen molar-refractivity contribution in [2.24, 2.45) is 0 Å². The van der Waals surface area contributed by atoms with Crippen LogP contribution in [0.3, 0.4) is 0 Å². The number of aromatic nitrogens is 4. The molecule has 0 fully saturated rings. The highest BCUT2D eigenvalue weighted by atomic mass is 32.2. The van der Waals surface area contributed by atoms with Crippen LogP contribution in [-0.4, -0.2) is 28.0 Å². The minimum Gasteiger partial charge on any atom is -0.452 e. The predicted molar refractivity (Wildman–Crippen MR) is 106 cm³/mol. The molecule has 2 N–H and O–H groups in total. The number of nitrogens with one attached hydrogen (secondary N) is 2. The summed E-state index contributed by atoms with van der Waals surface area (Å²) in [6.07, 6.45) is 4.05. The number of rotatable bonds is 6. The van der Waals surface area contributed by atoms with E-state index in [1.165, 1.54) is 18.5 Å². The molecule has 2 aromatic carbocycles. The molecule has 13 heteroatoms. The molecule has 9 nitrogen and oxygen atoms in total. The number of hydrogen-bond acceptors (Lipinski definition) is 8. The predicted octanol–water partition coefficient (Wildman–Crippen LogP) is 3.67. The molecular weight excluding hydrogens is 450 g/mol. The fourth-order valence-electron chi connectivity index (χ4n) is 2.63. The maximum Gasteiger partial charge on any atom is 0.263 e. The van der Waals surface area contributed by atoms with E-state index in [-0.39, 0.29) is 22.0 Å². The van der Waals surface area contributed by atoms with E-state index >= 15 is 0 Å². The Hall–Kier alpha value is -3.89. The average Bonchev–Trinajstić information content (AvgIpc) is 3.44. The number of halogens is 2. The Labute approximate surface area is 178 Å². The van der Waals surface area contributed by atoms with Gasteiger partial charge in [0.1, 0.15) is 24.0 Å². The Morgan fingerprint density at radius 3 is 2.74 bits per heavy atom. The quantitative estimate of drug-likeness (QED) is 0.448. The number of anilines is 1. The van der Waals surface area contributed by atoms with Crippen LogP contribution in [0.4, 0.5) is 13.9 Å². The topological polar surface area (TPSA) is 134 Å². The summed E-state index contributed by atoms with van der Waals surface area (Å²) < 4.78 is 65.0. The molecule has 4 rings (SSSR count). The number of ether oxygens (including phenoxy) is 1. The van der Waals surface area contributed by atoms with Crippen molar-refractivity contribution < 1.29 is 21.9 Å². The van der Waals surface area contributed by atoms with E-state index in [2.05, 4.69) is 24.3 Å². The first-order valence-corrected chi connectivity index (χ1v) is 10.6. The van der Waals surface area contributed by atoms with Crippen molar-refractivity contribution in [3.05, 3.63) is 66.3 Å². The minimum atomic E-state index is -4.23. The summed E-state index contributed by atoms with van der Waals surface area (Å²) in [6.45, 7) is 0. The van der Waals surface area contributed by atoms with E-state index in [0.29, 0.717) is 11.6 Å². The number of nitriles is 1. The smallest absolute Gasteiger partial charge is 0.263 e. The van der Waals surface area contributed by atoms with Gasteiger partial charge in [0.15, 0.2) is 11.6 Å². The van der Waals surface area contributed by atoms with Crippen molar-refractivity contribution in [1.29, 1.82) is 5.26 Å². The Bertz CT molecular complexity index is 1380. The first-order valence-electron chi connectivity index (χ1n) is 8.37. The van der Waals surface area contributed by atoms with E-state index in [4.69, 9.17) is 4.74 Å². The van der Waals surface area contributed by atoms with Gasteiger partial charge >= 0.3 is 0 Å². The third kappa shape index (κ3) is 4.20. The zero-order valence-electron chi connectivity index (χ0n) is 15.2. The molecule has 0 spiro atoms. The summed E-state index contributed by atoms with van der Waals surface area (Å²) in [6, 6.07) is 6.92. The van der Waals surface area contributed by atoms with Gasteiger partial charge in [-0.1, -0.05) is 0 Å². The van der Waals surface area contributed by atoms with Gasteiger partial charge in [0.2, 0.25) is 5.13 Å². The Morgan fingerprint density at radius 2 is 2.06 bits per heavy atom. The van der Waals surface area contributed by atoms with E-state index in [1.807, 2.05) is 0 Å². The van der Waals surface area contributed by atoms with Crippen molar-refractivity contribution in [1.82, 2.24) is 19.6 Å². The van der Waals surface area contributed by atoms with Crippen LogP contribution in [0.25, 0.3) is 11.1 Å². The number of benzene rings is 2. The normalized spacial score (nSPS) is 11.1. The highest BCUT2D eigenvalue weighted by Crippen LogP contribution is 2.37. The van der Waals surface area contributed by atoms with Crippen LogP contribution in [0.2, 0.25) is 0 Å². The summed E-state index contributed by atoms with van der Waals surface area (Å²) in [5.41, 5.74) is 0.348. The molecule has 0 aliphatic rings. The molecule has 0 amide bonds. The lowest BCUT2D eigenvalue weighted by Gasteiger charge is -2.14. The van der Waals surface area contributed by atoms with Gasteiger partial charge in [-0.25, -0.2) is 22.2 Å². The second kappa shape index (κ2) is 8.09. The average molecular weight is 460 g/mol. The van der Waals surface area contributed by atoms with Gasteiger partial charge in [-0.2, -0.15) is 14.7 Å². The van der Waals surface area contributed by atoms with Crippen LogP contribution in [0.15, 0.2) is 53.9 Å². The molecule has 31 heavy (non-hydrogen) atoms. The standard InChI is InChI=1S/C18H10F2N6O3S2/c19-12-1-2-16(14(4-12)11-7-23-24-8-11)29-17-10(6-21)3-13(5-15(17)20)31(27,28)26-18-22-9-25-30-18/h1-5,7-9H,(H,23,24)(H,22,25,26). The lowest BCUT2D eigenvalue weighted by Crippen LogP contribution is -2.13. The van der Waals surface area contributed by atoms with Gasteiger partial charge in [-0.05, 0) is 30.3 Å². The highest BCUT2D eigenvalue weighted by molar-refractivity contribution is 7.93. The van der Waals surface area contributed by atoms with E-state index in [1.54, 1.807) is 6.07 Å². The molecule has 0 bridgehead atoms. The van der Waals surface area contributed by atoms with Gasteiger partial charge in [0.25, 0.3) is 10.0 Å². The molecule has 156 valence electrons. The first kappa shape index (κ1) is 20.4. The largest absolute Gasteiger partial charge is 0.452 e. The monoisotopic (exact) mass is 460 g/mol. The first-order chi connectivity index (χ1) is 14.9. The number of nitrogens with zero attached hydrogens (tertiary/aromatic N) is 4. The lowest BCUT2D eigenvalue weighted by atomic mass is 10.1. The summed E-state index contributed by atoms with van der Waals surface area (Å²) in [5.74, 6) is -2.12. The van der Waals surface area contributed by atoms with Crippen LogP contribution in [0.1, 0.15) is 5.56 Å². The molecule has 0 radical (unpaired) electrons. The maximum absolute atomic E-state index is 14.9. The minimum absolute atomic E-state index is 0.0182. The van der Waals surface area contributed by atoms with Crippen molar-refractivity contribution in [3.63, 3.8) is 0 Å². The molecule has 4 aromatic rings. The molecular formula is C18H10F2N6O3S2. The third-order valence-corrected chi connectivity index (χ3v) is 6.02. The fourth-order valence-corrected chi connectivity index (χ4v) is 4.33. The number of H-pyrrole nitrogens is 1. The summed E-state index contributed by atoms with van der Waals surface area (Å²) >= 11 is 0.792. The Balaban J connectivity index is 1.74. The molecule has 0 unspecified atom stereocenters. The number of aromatic amines is 1. The van der Waals surface area contributed by atoms with Crippen LogP contribution >= 0.6 is 11.5 Å². The van der Waals surface area contributed by atoms with Crippen molar-refractivity contribution in [2.75, 3.05) is 4.72 Å². The summed E-state index contributed by atoms with van der Waals surface area (Å²) in [4.78, 5) is 3.20. The lowest BCUT2D eigenvalue weighted by molar-refractivity contribution is 0.439. The van der Waals surface area contributed by atoms with Crippen LogP contribution < -0.4 is 9.46 Å². The zero-order valence-corrected chi connectivity index (χ0v) is 16.8. The van der Waals surface area contributed by atoms with Gasteiger partial charge in [0.05, 0.1) is 16.7 Å². The highest BCUT2D eigenvalue weighted by Gasteiger charge is 2.23. The zero-order chi connectivity index (χ0) is 22.0. The van der Waals surface area contributed by atoms with Gasteiger partial charge in [0, 0.05) is 28.9 Å². The molecule has 0 atom stereocenters. The fraction of sp³-hybridized carbons (Fsp3) is 0. The van der Waals surface area contributed by atoms with Crippen molar-refractivity contribution in [2.45, 2.75) is 4.90 Å². The summed E-state index contributed by atoms with van der Waals surface area (Å²) in [7, 11) is -4.23. The van der Waals surface area contributed by atoms with Crippen LogP contribution in [-0.2, 0) is 10.0 Å². The van der Waals surface area contributed by atoms with Gasteiger partial charge in [-0.15, -0.1) is 0 Å². The SMILES string of the molecule is N#Cc1cc(S(=O)(=O)Nc2ncns2)cc(F)c1Oc1ccc(F)cc1-c1cn[nH]c1. The molecule has 2 aromatic heterocycles. The van der Waals surface area contributed by atoms with E-state index in [9.17, 15) is 22.5 Å². The van der Waals surface area contributed by atoms with E-state index in [0.717, 1.165) is 36.1 Å². The van der Waals surface area contributed by atoms with Gasteiger partial charge < -0.3 is 4.74 Å². The second-order valence-corrected chi connectivity index (χ2v) is 8.44. The Kier molecular flexibility index (Phi) is 5.32. The second-order valence-electron chi connectivity index (χ2n) is 5.98. The number of sulfonamides is 1. The van der Waals surface area contributed by atoms with Crippen LogP contribution in [0, 0.1) is 23.0 Å². The van der Waals surface area contributed by atoms with E-state index < -0.39 is 32.3 Å². The van der Waals surface area contributed by atoms with Gasteiger partial charge in [-0.3, -0.25) is 9.82 Å². The number of hydrogen-bond donors (Lipinski definition) is 2.